The maximum atomic E-state index is 11.4. The van der Waals surface area contributed by atoms with Gasteiger partial charge in [-0.15, -0.1) is 0 Å². The number of carbonyl (C=O) groups excluding carboxylic acids is 1. The van der Waals surface area contributed by atoms with Crippen LogP contribution >= 0.6 is 0 Å². The first-order valence-corrected chi connectivity index (χ1v) is 4.66. The molecule has 0 aliphatic carbocycles. The number of amides is 1. The van der Waals surface area contributed by atoms with E-state index in [0.717, 1.165) is 0 Å². The third-order valence-corrected chi connectivity index (χ3v) is 2.24. The lowest BCUT2D eigenvalue weighted by Crippen LogP contribution is -2.52. The van der Waals surface area contributed by atoms with Crippen molar-refractivity contribution in [1.82, 2.24) is 4.90 Å². The number of ether oxygens (including phenoxy) is 1. The van der Waals surface area contributed by atoms with Gasteiger partial charge in [-0.05, 0) is 20.3 Å². The molecule has 0 aromatic carbocycles. The van der Waals surface area contributed by atoms with Gasteiger partial charge in [0.05, 0.1) is 12.6 Å². The third kappa shape index (κ3) is 2.42. The van der Waals surface area contributed by atoms with Gasteiger partial charge in [-0.1, -0.05) is 0 Å². The second kappa shape index (κ2) is 4.58. The fourth-order valence-corrected chi connectivity index (χ4v) is 1.72. The van der Waals surface area contributed by atoms with E-state index in [0.29, 0.717) is 13.0 Å². The van der Waals surface area contributed by atoms with Gasteiger partial charge in [0.2, 0.25) is 5.91 Å². The molecule has 13 heavy (non-hydrogen) atoms. The van der Waals surface area contributed by atoms with Crippen molar-refractivity contribution in [2.24, 2.45) is 0 Å². The van der Waals surface area contributed by atoms with Crippen LogP contribution < -0.4 is 0 Å². The van der Waals surface area contributed by atoms with E-state index >= 15 is 0 Å². The minimum absolute atomic E-state index is 0.0275. The Hall–Kier alpha value is -0.610. The number of nitrogens with zero attached hydrogens (tertiary/aromatic N) is 1. The Morgan fingerprint density at radius 1 is 1.69 bits per heavy atom. The van der Waals surface area contributed by atoms with Crippen molar-refractivity contribution >= 4 is 5.91 Å². The summed E-state index contributed by atoms with van der Waals surface area (Å²) in [4.78, 5) is 13.2. The Balaban J connectivity index is 2.62. The van der Waals surface area contributed by atoms with Crippen molar-refractivity contribution in [3.8, 4) is 0 Å². The highest BCUT2D eigenvalue weighted by Gasteiger charge is 2.29. The van der Waals surface area contributed by atoms with Crippen molar-refractivity contribution in [2.45, 2.75) is 32.4 Å². The number of aliphatic hydroxyl groups excluding tert-OH is 1. The van der Waals surface area contributed by atoms with Gasteiger partial charge < -0.3 is 14.7 Å². The molecule has 1 aliphatic heterocycles. The maximum absolute atomic E-state index is 11.4. The monoisotopic (exact) mass is 187 g/mol. The SMILES string of the molecule is CC(C)N1C(=O)COCC1CCO. The standard InChI is InChI=1S/C9H17NO3/c1-7(2)10-8(3-4-11)5-13-6-9(10)12/h7-8,11H,3-6H2,1-2H3. The highest BCUT2D eigenvalue weighted by atomic mass is 16.5. The molecular weight excluding hydrogens is 170 g/mol. The highest BCUT2D eigenvalue weighted by Crippen LogP contribution is 2.14. The highest BCUT2D eigenvalue weighted by molar-refractivity contribution is 5.78. The summed E-state index contributed by atoms with van der Waals surface area (Å²) in [5.41, 5.74) is 0. The molecule has 1 atom stereocenters. The van der Waals surface area contributed by atoms with Gasteiger partial charge in [0.25, 0.3) is 0 Å². The average molecular weight is 187 g/mol. The zero-order valence-electron chi connectivity index (χ0n) is 8.19. The normalized spacial score (nSPS) is 24.2. The first-order valence-electron chi connectivity index (χ1n) is 4.66. The summed E-state index contributed by atoms with van der Waals surface area (Å²) >= 11 is 0. The third-order valence-electron chi connectivity index (χ3n) is 2.24. The van der Waals surface area contributed by atoms with Crippen LogP contribution in [0.25, 0.3) is 0 Å². The molecule has 1 aliphatic rings. The van der Waals surface area contributed by atoms with Crippen molar-refractivity contribution < 1.29 is 14.6 Å². The summed E-state index contributed by atoms with van der Waals surface area (Å²) in [5, 5.41) is 8.81. The molecule has 76 valence electrons. The number of rotatable bonds is 3. The van der Waals surface area contributed by atoms with E-state index in [9.17, 15) is 4.79 Å². The first-order chi connectivity index (χ1) is 6.16. The zero-order chi connectivity index (χ0) is 9.84. The largest absolute Gasteiger partial charge is 0.396 e. The number of hydrogen-bond donors (Lipinski definition) is 1. The van der Waals surface area contributed by atoms with Gasteiger partial charge in [0.1, 0.15) is 6.61 Å². The molecule has 1 amide bonds. The molecule has 1 N–H and O–H groups in total. The maximum Gasteiger partial charge on any atom is 0.249 e. The van der Waals surface area contributed by atoms with E-state index < -0.39 is 0 Å². The molecule has 0 spiro atoms. The number of aliphatic hydroxyl groups is 1. The van der Waals surface area contributed by atoms with Crippen LogP contribution in [-0.2, 0) is 9.53 Å². The fourth-order valence-electron chi connectivity index (χ4n) is 1.72. The summed E-state index contributed by atoms with van der Waals surface area (Å²) in [7, 11) is 0. The van der Waals surface area contributed by atoms with E-state index in [2.05, 4.69) is 0 Å². The average Bonchev–Trinajstić information content (AvgIpc) is 2.04. The minimum Gasteiger partial charge on any atom is -0.396 e. The Kier molecular flexibility index (Phi) is 3.69. The quantitative estimate of drug-likeness (QED) is 0.677. The molecule has 1 unspecified atom stereocenters. The molecule has 1 fully saturated rings. The van der Waals surface area contributed by atoms with E-state index in [4.69, 9.17) is 9.84 Å². The minimum atomic E-state index is 0.0275. The molecule has 0 radical (unpaired) electrons. The molecule has 0 aromatic heterocycles. The molecular formula is C9H17NO3. The summed E-state index contributed by atoms with van der Waals surface area (Å²) in [6.07, 6.45) is 0.601. The summed E-state index contributed by atoms with van der Waals surface area (Å²) in [6, 6.07) is 0.235. The van der Waals surface area contributed by atoms with Crippen LogP contribution in [0.2, 0.25) is 0 Å². The van der Waals surface area contributed by atoms with E-state index in [1.165, 1.54) is 0 Å². The summed E-state index contributed by atoms with van der Waals surface area (Å²) < 4.78 is 5.12. The van der Waals surface area contributed by atoms with Crippen LogP contribution in [0.1, 0.15) is 20.3 Å². The topological polar surface area (TPSA) is 49.8 Å². The smallest absolute Gasteiger partial charge is 0.249 e. The van der Waals surface area contributed by atoms with Crippen LogP contribution in [0.5, 0.6) is 0 Å². The lowest BCUT2D eigenvalue weighted by atomic mass is 10.1. The summed E-state index contributed by atoms with van der Waals surface area (Å²) in [5.74, 6) is 0.0275. The summed E-state index contributed by atoms with van der Waals surface area (Å²) in [6.45, 7) is 4.79. The number of carbonyl (C=O) groups is 1. The van der Waals surface area contributed by atoms with Gasteiger partial charge in [-0.25, -0.2) is 0 Å². The van der Waals surface area contributed by atoms with Crippen LogP contribution in [-0.4, -0.2) is 47.8 Å². The molecule has 0 bridgehead atoms. The van der Waals surface area contributed by atoms with Gasteiger partial charge in [-0.3, -0.25) is 4.79 Å². The zero-order valence-corrected chi connectivity index (χ0v) is 8.19. The van der Waals surface area contributed by atoms with Gasteiger partial charge in [0, 0.05) is 12.6 Å². The predicted molar refractivity (Wildman–Crippen MR) is 48.3 cm³/mol. The van der Waals surface area contributed by atoms with Crippen molar-refractivity contribution in [3.63, 3.8) is 0 Å². The molecule has 4 heteroatoms. The lowest BCUT2D eigenvalue weighted by Gasteiger charge is -2.38. The van der Waals surface area contributed by atoms with Crippen LogP contribution in [0.3, 0.4) is 0 Å². The fraction of sp³-hybridized carbons (Fsp3) is 0.889. The Labute approximate surface area is 78.5 Å². The lowest BCUT2D eigenvalue weighted by molar-refractivity contribution is -0.151. The van der Waals surface area contributed by atoms with E-state index in [1.54, 1.807) is 4.90 Å². The second-order valence-electron chi connectivity index (χ2n) is 3.58. The van der Waals surface area contributed by atoms with Gasteiger partial charge >= 0.3 is 0 Å². The first kappa shape index (κ1) is 10.5. The van der Waals surface area contributed by atoms with Gasteiger partial charge in [-0.2, -0.15) is 0 Å². The Bertz CT molecular complexity index is 180. The van der Waals surface area contributed by atoms with E-state index in [-0.39, 0.29) is 31.2 Å². The molecule has 1 heterocycles. The predicted octanol–water partition coefficient (Wildman–Crippen LogP) is 0.00460. The number of morpholine rings is 1. The molecule has 1 rings (SSSR count). The molecule has 1 saturated heterocycles. The Morgan fingerprint density at radius 3 is 2.92 bits per heavy atom. The number of hydrogen-bond acceptors (Lipinski definition) is 3. The Morgan fingerprint density at radius 2 is 2.38 bits per heavy atom. The van der Waals surface area contributed by atoms with Crippen molar-refractivity contribution in [1.29, 1.82) is 0 Å². The van der Waals surface area contributed by atoms with Crippen LogP contribution in [0.4, 0.5) is 0 Å². The molecule has 4 nitrogen and oxygen atoms in total. The van der Waals surface area contributed by atoms with E-state index in [1.807, 2.05) is 13.8 Å². The molecule has 0 aromatic rings. The van der Waals surface area contributed by atoms with Crippen molar-refractivity contribution in [3.05, 3.63) is 0 Å². The van der Waals surface area contributed by atoms with Crippen LogP contribution in [0.15, 0.2) is 0 Å². The van der Waals surface area contributed by atoms with Crippen molar-refractivity contribution in [2.75, 3.05) is 19.8 Å². The second-order valence-corrected chi connectivity index (χ2v) is 3.58. The van der Waals surface area contributed by atoms with Gasteiger partial charge in [0.15, 0.2) is 0 Å². The van der Waals surface area contributed by atoms with Crippen LogP contribution in [0, 0.1) is 0 Å². The molecule has 0 saturated carbocycles.